The molecule has 0 spiro atoms. The number of benzene rings is 2. The molecule has 1 N–H and O–H groups in total. The Morgan fingerprint density at radius 1 is 1.25 bits per heavy atom. The topological polar surface area (TPSA) is 84.6 Å². The van der Waals surface area contributed by atoms with Crippen LogP contribution in [0.2, 0.25) is 0 Å². The van der Waals surface area contributed by atoms with Crippen LogP contribution < -0.4 is 14.6 Å². The SMILES string of the molecule is CN(C)/C(=N\C#N)N1CCc2ccc(NC(=O)c3sccc3[AsH]Cc3ccnc4ccccc34)cc21. The van der Waals surface area contributed by atoms with Crippen LogP contribution in [0.4, 0.5) is 11.4 Å². The quantitative estimate of drug-likeness (QED) is 0.176. The van der Waals surface area contributed by atoms with E-state index in [1.807, 2.05) is 78.1 Å². The number of nitrogens with one attached hydrogen (secondary N) is 1. The summed E-state index contributed by atoms with van der Waals surface area (Å²) in [6.45, 7) is 0.745. The number of fused-ring (bicyclic) bond motifs is 2. The summed E-state index contributed by atoms with van der Waals surface area (Å²) >= 11 is 0.941. The summed E-state index contributed by atoms with van der Waals surface area (Å²) in [7, 11) is 3.74. The van der Waals surface area contributed by atoms with Gasteiger partial charge >= 0.3 is 221 Å². The van der Waals surface area contributed by atoms with Gasteiger partial charge in [0.1, 0.15) is 0 Å². The van der Waals surface area contributed by atoms with Gasteiger partial charge in [-0.15, -0.1) is 0 Å². The molecule has 36 heavy (non-hydrogen) atoms. The monoisotopic (exact) mass is 556 g/mol. The number of guanidine groups is 1. The molecule has 1 unspecified atom stereocenters. The van der Waals surface area contributed by atoms with Crippen LogP contribution >= 0.6 is 11.3 Å². The molecule has 0 saturated carbocycles. The molecule has 1 aliphatic heterocycles. The Bertz CT molecular complexity index is 1500. The summed E-state index contributed by atoms with van der Waals surface area (Å²) in [6.07, 6.45) is 4.63. The molecule has 2 aromatic heterocycles. The number of thiophene rings is 1. The molecule has 0 radical (unpaired) electrons. The Kier molecular flexibility index (Phi) is 7.03. The van der Waals surface area contributed by atoms with Gasteiger partial charge in [-0.25, -0.2) is 0 Å². The third-order valence-electron chi connectivity index (χ3n) is 6.11. The number of nitriles is 1. The van der Waals surface area contributed by atoms with Gasteiger partial charge < -0.3 is 0 Å². The van der Waals surface area contributed by atoms with Gasteiger partial charge in [0.05, 0.1) is 0 Å². The van der Waals surface area contributed by atoms with Gasteiger partial charge in [0.25, 0.3) is 0 Å². The standard InChI is InChI=1S/C27H25AsN6OS/c1-33(2)27(31-17-29)34-13-10-18-7-8-20(15-24(18)34)32-26(35)25-22(11-14-36-25)28-16-19-9-12-30-23-6-4-3-5-21(19)23/h3-9,11-12,14-15,28H,10,13,16H2,1-2H3,(H,32,35)/b31-27+. The second-order valence-corrected chi connectivity index (χ2v) is 12.1. The van der Waals surface area contributed by atoms with Crippen LogP contribution in [0.1, 0.15) is 20.8 Å². The van der Waals surface area contributed by atoms with Crippen molar-refractivity contribution in [3.63, 3.8) is 0 Å². The third kappa shape index (κ3) is 4.86. The van der Waals surface area contributed by atoms with E-state index >= 15 is 0 Å². The first-order valence-electron chi connectivity index (χ1n) is 11.5. The second kappa shape index (κ2) is 10.5. The molecule has 9 heteroatoms. The number of carbonyl (C=O) groups excluding carboxylic acids is 1. The van der Waals surface area contributed by atoms with Gasteiger partial charge in [-0.1, -0.05) is 0 Å². The number of hydrogen-bond donors (Lipinski definition) is 1. The molecule has 2 aromatic carbocycles. The van der Waals surface area contributed by atoms with E-state index in [4.69, 9.17) is 5.26 Å². The van der Waals surface area contributed by atoms with Crippen LogP contribution in [-0.2, 0) is 11.6 Å². The maximum atomic E-state index is 13.3. The van der Waals surface area contributed by atoms with Crippen molar-refractivity contribution >= 4 is 65.6 Å². The van der Waals surface area contributed by atoms with Gasteiger partial charge in [0.15, 0.2) is 0 Å². The molecule has 0 fully saturated rings. The Hall–Kier alpha value is -3.66. The molecule has 1 aliphatic rings. The average Bonchev–Trinajstić information content (AvgIpc) is 3.53. The van der Waals surface area contributed by atoms with Crippen molar-refractivity contribution in [1.82, 2.24) is 9.88 Å². The van der Waals surface area contributed by atoms with Crippen LogP contribution in [0, 0.1) is 11.5 Å². The van der Waals surface area contributed by atoms with E-state index in [-0.39, 0.29) is 5.91 Å². The van der Waals surface area contributed by atoms with E-state index < -0.39 is 15.8 Å². The third-order valence-corrected chi connectivity index (χ3v) is 10.2. The van der Waals surface area contributed by atoms with E-state index in [0.717, 1.165) is 44.3 Å². The van der Waals surface area contributed by atoms with Crippen LogP contribution in [0.5, 0.6) is 0 Å². The zero-order chi connectivity index (χ0) is 25.1. The van der Waals surface area contributed by atoms with Crippen molar-refractivity contribution in [2.24, 2.45) is 4.99 Å². The summed E-state index contributed by atoms with van der Waals surface area (Å²) in [5, 5.41) is 16.4. The van der Waals surface area contributed by atoms with Crippen LogP contribution in [0.3, 0.4) is 0 Å². The Labute approximate surface area is 220 Å². The molecule has 0 saturated heterocycles. The van der Waals surface area contributed by atoms with Gasteiger partial charge in [-0.2, -0.15) is 0 Å². The normalized spacial score (nSPS) is 13.2. The number of pyridine rings is 1. The molecule has 1 atom stereocenters. The number of carbonyl (C=O) groups is 1. The predicted octanol–water partition coefficient (Wildman–Crippen LogP) is 3.57. The van der Waals surface area contributed by atoms with E-state index in [0.29, 0.717) is 5.96 Å². The van der Waals surface area contributed by atoms with Gasteiger partial charge in [0, 0.05) is 0 Å². The predicted molar refractivity (Wildman–Crippen MR) is 149 cm³/mol. The maximum absolute atomic E-state index is 13.3. The first-order valence-corrected chi connectivity index (χ1v) is 15.0. The minimum absolute atomic E-state index is 0.0774. The molecular formula is C27H25AsN6OS. The summed E-state index contributed by atoms with van der Waals surface area (Å²) < 4.78 is 1.16. The van der Waals surface area contributed by atoms with E-state index in [1.165, 1.54) is 27.8 Å². The number of para-hydroxylation sites is 1. The second-order valence-electron chi connectivity index (χ2n) is 8.61. The minimum atomic E-state index is -0.551. The van der Waals surface area contributed by atoms with Crippen LogP contribution in [0.25, 0.3) is 10.9 Å². The van der Waals surface area contributed by atoms with Crippen molar-refractivity contribution in [1.29, 1.82) is 5.26 Å². The number of hydrogen-bond acceptors (Lipinski definition) is 5. The number of amides is 1. The van der Waals surface area contributed by atoms with Crippen LogP contribution in [-0.4, -0.2) is 58.1 Å². The molecule has 0 aliphatic carbocycles. The molecule has 1 amide bonds. The first kappa shape index (κ1) is 24.1. The molecule has 7 nitrogen and oxygen atoms in total. The molecular weight excluding hydrogens is 531 g/mol. The summed E-state index contributed by atoms with van der Waals surface area (Å²) in [4.78, 5) is 26.4. The molecule has 0 bridgehead atoms. The molecule has 180 valence electrons. The van der Waals surface area contributed by atoms with Gasteiger partial charge in [-0.05, 0) is 0 Å². The summed E-state index contributed by atoms with van der Waals surface area (Å²) in [6, 6.07) is 18.4. The summed E-state index contributed by atoms with van der Waals surface area (Å²) in [5.41, 5.74) is 5.18. The Morgan fingerprint density at radius 3 is 2.94 bits per heavy atom. The first-order chi connectivity index (χ1) is 17.5. The Balaban J connectivity index is 1.33. The van der Waals surface area contributed by atoms with Crippen molar-refractivity contribution < 1.29 is 4.79 Å². The zero-order valence-corrected chi connectivity index (χ0v) is 22.9. The fourth-order valence-electron chi connectivity index (χ4n) is 4.42. The average molecular weight is 557 g/mol. The fraction of sp³-hybridized carbons (Fsp3) is 0.185. The number of nitrogens with zero attached hydrogens (tertiary/aromatic N) is 5. The molecule has 3 heterocycles. The van der Waals surface area contributed by atoms with Crippen LogP contribution in [0.15, 0.2) is 71.2 Å². The van der Waals surface area contributed by atoms with Gasteiger partial charge in [0.2, 0.25) is 0 Å². The number of rotatable bonds is 5. The van der Waals surface area contributed by atoms with Crippen molar-refractivity contribution in [3.05, 3.63) is 82.2 Å². The van der Waals surface area contributed by atoms with E-state index in [2.05, 4.69) is 33.5 Å². The zero-order valence-electron chi connectivity index (χ0n) is 20.0. The van der Waals surface area contributed by atoms with Crippen molar-refractivity contribution in [2.45, 2.75) is 11.6 Å². The van der Waals surface area contributed by atoms with E-state index in [9.17, 15) is 4.79 Å². The van der Waals surface area contributed by atoms with Crippen molar-refractivity contribution in [3.8, 4) is 6.19 Å². The Morgan fingerprint density at radius 2 is 2.11 bits per heavy atom. The number of anilines is 2. The van der Waals surface area contributed by atoms with Gasteiger partial charge in [-0.3, -0.25) is 0 Å². The molecule has 5 rings (SSSR count). The van der Waals surface area contributed by atoms with Crippen molar-refractivity contribution in [2.75, 3.05) is 30.9 Å². The van der Waals surface area contributed by atoms with E-state index in [1.54, 1.807) is 0 Å². The molecule has 4 aromatic rings. The number of aromatic nitrogens is 1. The fourth-order valence-corrected chi connectivity index (χ4v) is 8.56. The number of aliphatic imine (C=N–C) groups is 1. The summed E-state index contributed by atoms with van der Waals surface area (Å²) in [5.74, 6) is 0.515.